The molecule has 0 unspecified atom stereocenters. The summed E-state index contributed by atoms with van der Waals surface area (Å²) in [5, 5.41) is 10.4. The molecule has 0 aliphatic carbocycles. The zero-order valence-electron chi connectivity index (χ0n) is 5.98. The minimum atomic E-state index is -0.545. The molecule has 0 radical (unpaired) electrons. The third kappa shape index (κ3) is 2.67. The van der Waals surface area contributed by atoms with Crippen LogP contribution >= 0.6 is 11.6 Å². The molecule has 12 heavy (non-hydrogen) atoms. The first kappa shape index (κ1) is 8.67. The van der Waals surface area contributed by atoms with Gasteiger partial charge in [-0.2, -0.15) is 0 Å². The van der Waals surface area contributed by atoms with Crippen molar-refractivity contribution in [2.24, 2.45) is 0 Å². The van der Waals surface area contributed by atoms with Crippen molar-refractivity contribution in [1.82, 2.24) is 4.98 Å². The Morgan fingerprint density at radius 1 is 1.58 bits per heavy atom. The third-order valence-corrected chi connectivity index (χ3v) is 1.34. The molecular weight excluding hydrogens is 180 g/mol. The van der Waals surface area contributed by atoms with Gasteiger partial charge in [0.25, 0.3) is 0 Å². The molecule has 0 bridgehead atoms. The molecule has 0 aliphatic rings. The van der Waals surface area contributed by atoms with Crippen LogP contribution in [0.5, 0.6) is 0 Å². The highest BCUT2D eigenvalue weighted by molar-refractivity contribution is 6.30. The number of nitrogens with zero attached hydrogens (tertiary/aromatic N) is 2. The van der Waals surface area contributed by atoms with E-state index >= 15 is 0 Å². The van der Waals surface area contributed by atoms with Crippen molar-refractivity contribution in [1.29, 1.82) is 0 Å². The molecule has 1 heterocycles. The maximum Gasteiger partial charge on any atom is 0.236 e. The van der Waals surface area contributed by atoms with E-state index in [1.807, 2.05) is 0 Å². The van der Waals surface area contributed by atoms with E-state index in [0.29, 0.717) is 10.7 Å². The van der Waals surface area contributed by atoms with Crippen molar-refractivity contribution < 1.29 is 4.92 Å². The average Bonchev–Trinajstić information content (AvgIpc) is 2.03. The molecule has 1 aromatic rings. The van der Waals surface area contributed by atoms with Crippen LogP contribution < -0.4 is 0 Å². The first-order chi connectivity index (χ1) is 5.68. The van der Waals surface area contributed by atoms with Crippen molar-refractivity contribution in [3.05, 3.63) is 45.4 Å². The molecule has 0 N–H and O–H groups in total. The summed E-state index contributed by atoms with van der Waals surface area (Å²) in [5.41, 5.74) is 0.510. The van der Waals surface area contributed by atoms with Crippen LogP contribution in [0.25, 0.3) is 6.08 Å². The van der Waals surface area contributed by atoms with E-state index in [0.717, 1.165) is 6.20 Å². The lowest BCUT2D eigenvalue weighted by Crippen LogP contribution is -1.84. The van der Waals surface area contributed by atoms with Crippen LogP contribution in [0.3, 0.4) is 0 Å². The Morgan fingerprint density at radius 3 is 2.83 bits per heavy atom. The number of nitro groups is 1. The van der Waals surface area contributed by atoms with E-state index in [1.165, 1.54) is 12.3 Å². The van der Waals surface area contributed by atoms with Gasteiger partial charge in [0.2, 0.25) is 6.20 Å². The molecular formula is C7H5ClN2O2. The Labute approximate surface area is 73.6 Å². The molecule has 0 saturated heterocycles. The maximum atomic E-state index is 9.90. The summed E-state index contributed by atoms with van der Waals surface area (Å²) < 4.78 is 0. The second-order valence-electron chi connectivity index (χ2n) is 2.00. The maximum absolute atomic E-state index is 9.90. The monoisotopic (exact) mass is 184 g/mol. The molecule has 1 aromatic heterocycles. The highest BCUT2D eigenvalue weighted by atomic mass is 35.5. The van der Waals surface area contributed by atoms with Crippen LogP contribution in [0.2, 0.25) is 5.02 Å². The van der Waals surface area contributed by atoms with Crippen LogP contribution in [-0.2, 0) is 0 Å². The zero-order valence-corrected chi connectivity index (χ0v) is 6.73. The van der Waals surface area contributed by atoms with Gasteiger partial charge in [0.05, 0.1) is 15.6 Å². The Balaban J connectivity index is 2.77. The molecule has 0 fully saturated rings. The standard InChI is InChI=1S/C7H5ClN2O2/c8-6-1-2-7(9-5-6)3-4-10(11)12/h1-5H/b4-3+. The van der Waals surface area contributed by atoms with Gasteiger partial charge in [0, 0.05) is 12.3 Å². The van der Waals surface area contributed by atoms with Crippen LogP contribution in [0.4, 0.5) is 0 Å². The SMILES string of the molecule is O=[N+]([O-])/C=C/c1ccc(Cl)cn1. The molecule has 62 valence electrons. The summed E-state index contributed by atoms with van der Waals surface area (Å²) >= 11 is 5.55. The second kappa shape index (κ2) is 3.82. The number of pyridine rings is 1. The molecule has 0 amide bonds. The van der Waals surface area contributed by atoms with Crippen molar-refractivity contribution in [3.8, 4) is 0 Å². The minimum Gasteiger partial charge on any atom is -0.259 e. The summed E-state index contributed by atoms with van der Waals surface area (Å²) in [6, 6.07) is 3.22. The number of hydrogen-bond acceptors (Lipinski definition) is 3. The van der Waals surface area contributed by atoms with Crippen LogP contribution in [-0.4, -0.2) is 9.91 Å². The van der Waals surface area contributed by atoms with Crippen molar-refractivity contribution >= 4 is 17.7 Å². The average molecular weight is 185 g/mol. The Morgan fingerprint density at radius 2 is 2.33 bits per heavy atom. The van der Waals surface area contributed by atoms with Crippen molar-refractivity contribution in [2.75, 3.05) is 0 Å². The van der Waals surface area contributed by atoms with E-state index < -0.39 is 4.92 Å². The minimum absolute atomic E-state index is 0.508. The van der Waals surface area contributed by atoms with Gasteiger partial charge in [-0.3, -0.25) is 15.1 Å². The lowest BCUT2D eigenvalue weighted by atomic mass is 10.3. The first-order valence-corrected chi connectivity index (χ1v) is 3.49. The number of halogens is 1. The van der Waals surface area contributed by atoms with E-state index in [4.69, 9.17) is 11.6 Å². The highest BCUT2D eigenvalue weighted by Crippen LogP contribution is 2.06. The molecule has 0 aliphatic heterocycles. The van der Waals surface area contributed by atoms with Crippen molar-refractivity contribution in [3.63, 3.8) is 0 Å². The van der Waals surface area contributed by atoms with Gasteiger partial charge < -0.3 is 0 Å². The van der Waals surface area contributed by atoms with Crippen LogP contribution in [0.15, 0.2) is 24.5 Å². The lowest BCUT2D eigenvalue weighted by Gasteiger charge is -1.89. The molecule has 1 rings (SSSR count). The second-order valence-corrected chi connectivity index (χ2v) is 2.44. The van der Waals surface area contributed by atoms with E-state index in [1.54, 1.807) is 12.1 Å². The molecule has 0 aromatic carbocycles. The number of hydrogen-bond donors (Lipinski definition) is 0. The molecule has 0 spiro atoms. The van der Waals surface area contributed by atoms with Crippen LogP contribution in [0.1, 0.15) is 5.69 Å². The summed E-state index contributed by atoms with van der Waals surface area (Å²) in [7, 11) is 0. The highest BCUT2D eigenvalue weighted by Gasteiger charge is 1.91. The first-order valence-electron chi connectivity index (χ1n) is 3.12. The Bertz CT molecular complexity index is 308. The predicted molar refractivity (Wildman–Crippen MR) is 45.3 cm³/mol. The van der Waals surface area contributed by atoms with Gasteiger partial charge in [-0.25, -0.2) is 0 Å². The molecule has 4 nitrogen and oxygen atoms in total. The number of aromatic nitrogens is 1. The fourth-order valence-electron chi connectivity index (χ4n) is 0.623. The Hall–Kier alpha value is -1.42. The van der Waals surface area contributed by atoms with Gasteiger partial charge in [-0.1, -0.05) is 11.6 Å². The predicted octanol–water partition coefficient (Wildman–Crippen LogP) is 1.98. The fraction of sp³-hybridized carbons (Fsp3) is 0. The van der Waals surface area contributed by atoms with Gasteiger partial charge in [-0.05, 0) is 12.1 Å². The van der Waals surface area contributed by atoms with E-state index in [-0.39, 0.29) is 0 Å². The Kier molecular flexibility index (Phi) is 2.76. The summed E-state index contributed by atoms with van der Waals surface area (Å²) in [5.74, 6) is 0. The van der Waals surface area contributed by atoms with Crippen LogP contribution in [0, 0.1) is 10.1 Å². The quantitative estimate of drug-likeness (QED) is 0.522. The number of rotatable bonds is 2. The van der Waals surface area contributed by atoms with Gasteiger partial charge in [0.15, 0.2) is 0 Å². The molecule has 0 atom stereocenters. The molecule has 0 saturated carbocycles. The largest absolute Gasteiger partial charge is 0.259 e. The summed E-state index contributed by atoms with van der Waals surface area (Å²) in [6.45, 7) is 0. The fourth-order valence-corrected chi connectivity index (χ4v) is 0.735. The van der Waals surface area contributed by atoms with E-state index in [9.17, 15) is 10.1 Å². The smallest absolute Gasteiger partial charge is 0.236 e. The van der Waals surface area contributed by atoms with Gasteiger partial charge in [0.1, 0.15) is 0 Å². The normalized spacial score (nSPS) is 10.4. The van der Waals surface area contributed by atoms with E-state index in [2.05, 4.69) is 4.98 Å². The van der Waals surface area contributed by atoms with Gasteiger partial charge >= 0.3 is 0 Å². The topological polar surface area (TPSA) is 56.0 Å². The third-order valence-electron chi connectivity index (χ3n) is 1.12. The zero-order chi connectivity index (χ0) is 8.97. The lowest BCUT2D eigenvalue weighted by molar-refractivity contribution is -0.401. The van der Waals surface area contributed by atoms with Crippen molar-refractivity contribution in [2.45, 2.75) is 0 Å². The summed E-state index contributed by atoms with van der Waals surface area (Å²) in [6.07, 6.45) is 3.56. The molecule has 5 heteroatoms. The summed E-state index contributed by atoms with van der Waals surface area (Å²) in [4.78, 5) is 13.2. The van der Waals surface area contributed by atoms with Gasteiger partial charge in [-0.15, -0.1) is 0 Å².